The van der Waals surface area contributed by atoms with Gasteiger partial charge >= 0.3 is 5.97 Å². The van der Waals surface area contributed by atoms with Crippen molar-refractivity contribution in [3.05, 3.63) is 96.1 Å². The topological polar surface area (TPSA) is 46.6 Å². The van der Waals surface area contributed by atoms with Crippen LogP contribution in [0.2, 0.25) is 0 Å². The molecule has 4 nitrogen and oxygen atoms in total. The molecule has 4 rings (SSSR count). The Morgan fingerprint density at radius 3 is 2.00 bits per heavy atom. The van der Waals surface area contributed by atoms with Crippen LogP contribution in [0.3, 0.4) is 0 Å². The second-order valence-corrected chi connectivity index (χ2v) is 8.44. The number of piperidine rings is 1. The van der Waals surface area contributed by atoms with Gasteiger partial charge in [0, 0.05) is 25.6 Å². The fourth-order valence-corrected chi connectivity index (χ4v) is 4.38. The first-order chi connectivity index (χ1) is 15.6. The summed E-state index contributed by atoms with van der Waals surface area (Å²) in [5.41, 5.74) is 4.50. The highest BCUT2D eigenvalue weighted by molar-refractivity contribution is 5.84. The summed E-state index contributed by atoms with van der Waals surface area (Å²) in [5.74, 6) is -0.0244. The molecule has 3 aromatic carbocycles. The smallest absolute Gasteiger partial charge is 0.303 e. The number of hydrogen-bond acceptors (Lipinski definition) is 3. The number of amides is 1. The summed E-state index contributed by atoms with van der Waals surface area (Å²) in [6, 6.07) is 28.5. The van der Waals surface area contributed by atoms with Gasteiger partial charge < -0.3 is 9.64 Å². The Balaban J connectivity index is 1.34. The number of carbonyl (C=O) groups excluding carboxylic acids is 2. The number of ether oxygens (including phenoxy) is 1. The van der Waals surface area contributed by atoms with Crippen LogP contribution in [-0.2, 0) is 20.7 Å². The van der Waals surface area contributed by atoms with Crippen LogP contribution in [0.1, 0.15) is 37.0 Å². The Kier molecular flexibility index (Phi) is 7.00. The van der Waals surface area contributed by atoms with Gasteiger partial charge in [-0.1, -0.05) is 84.9 Å². The Bertz CT molecular complexity index is 1020. The van der Waals surface area contributed by atoms with Crippen LogP contribution in [0.5, 0.6) is 0 Å². The summed E-state index contributed by atoms with van der Waals surface area (Å²) < 4.78 is 5.39. The standard InChI is InChI=1S/C28H29NO3/c1-21(30)32-27(26-10-6-3-7-11-26)28(31)29-18-16-23(17-19-29)20-22-12-14-25(15-13-22)24-8-4-2-5-9-24/h2-15,23,27H,16-20H2,1H3/t27-/m0/s1. The lowest BCUT2D eigenvalue weighted by Gasteiger charge is -2.34. The van der Waals surface area contributed by atoms with Crippen LogP contribution in [0.25, 0.3) is 11.1 Å². The molecule has 1 heterocycles. The lowest BCUT2D eigenvalue weighted by Crippen LogP contribution is -2.42. The molecule has 1 aliphatic rings. The molecule has 0 unspecified atom stereocenters. The average Bonchev–Trinajstić information content (AvgIpc) is 2.84. The second kappa shape index (κ2) is 10.3. The first-order valence-electron chi connectivity index (χ1n) is 11.3. The lowest BCUT2D eigenvalue weighted by atomic mass is 9.89. The van der Waals surface area contributed by atoms with E-state index in [0.29, 0.717) is 24.6 Å². The molecule has 0 aromatic heterocycles. The van der Waals surface area contributed by atoms with E-state index < -0.39 is 12.1 Å². The molecule has 32 heavy (non-hydrogen) atoms. The number of likely N-dealkylation sites (tertiary alicyclic amines) is 1. The average molecular weight is 428 g/mol. The molecular formula is C28H29NO3. The molecule has 0 radical (unpaired) electrons. The zero-order valence-corrected chi connectivity index (χ0v) is 18.4. The number of nitrogens with zero attached hydrogens (tertiary/aromatic N) is 1. The van der Waals surface area contributed by atoms with Crippen molar-refractivity contribution in [2.75, 3.05) is 13.1 Å². The van der Waals surface area contributed by atoms with Gasteiger partial charge in [0.25, 0.3) is 5.91 Å². The summed E-state index contributed by atoms with van der Waals surface area (Å²) in [6.45, 7) is 2.73. The summed E-state index contributed by atoms with van der Waals surface area (Å²) >= 11 is 0. The van der Waals surface area contributed by atoms with E-state index in [4.69, 9.17) is 4.74 Å². The van der Waals surface area contributed by atoms with E-state index in [2.05, 4.69) is 48.5 Å². The molecule has 3 aromatic rings. The Labute approximate surface area is 189 Å². The maximum absolute atomic E-state index is 13.1. The van der Waals surface area contributed by atoms with E-state index in [0.717, 1.165) is 19.3 Å². The van der Waals surface area contributed by atoms with Gasteiger partial charge in [0.2, 0.25) is 6.10 Å². The summed E-state index contributed by atoms with van der Waals surface area (Å²) in [5, 5.41) is 0. The van der Waals surface area contributed by atoms with Crippen molar-refractivity contribution in [2.24, 2.45) is 5.92 Å². The van der Waals surface area contributed by atoms with E-state index in [1.165, 1.54) is 23.6 Å². The third-order valence-corrected chi connectivity index (χ3v) is 6.12. The van der Waals surface area contributed by atoms with Crippen molar-refractivity contribution >= 4 is 11.9 Å². The van der Waals surface area contributed by atoms with Crippen LogP contribution in [0.4, 0.5) is 0 Å². The van der Waals surface area contributed by atoms with Gasteiger partial charge in [-0.25, -0.2) is 0 Å². The lowest BCUT2D eigenvalue weighted by molar-refractivity contribution is -0.160. The van der Waals surface area contributed by atoms with E-state index in [1.807, 2.05) is 41.3 Å². The molecule has 164 valence electrons. The molecule has 1 saturated heterocycles. The van der Waals surface area contributed by atoms with Crippen LogP contribution < -0.4 is 0 Å². The van der Waals surface area contributed by atoms with Gasteiger partial charge in [0.1, 0.15) is 0 Å². The number of carbonyl (C=O) groups is 2. The molecule has 0 bridgehead atoms. The zero-order valence-electron chi connectivity index (χ0n) is 18.4. The number of rotatable bonds is 6. The molecule has 0 spiro atoms. The van der Waals surface area contributed by atoms with E-state index in [-0.39, 0.29) is 5.91 Å². The summed E-state index contributed by atoms with van der Waals surface area (Å²) in [7, 11) is 0. The minimum Gasteiger partial charge on any atom is -0.447 e. The van der Waals surface area contributed by atoms with Crippen molar-refractivity contribution in [3.8, 4) is 11.1 Å². The maximum Gasteiger partial charge on any atom is 0.303 e. The van der Waals surface area contributed by atoms with Gasteiger partial charge in [-0.3, -0.25) is 9.59 Å². The SMILES string of the molecule is CC(=O)O[C@H](C(=O)N1CCC(Cc2ccc(-c3ccccc3)cc2)CC1)c1ccccc1. The normalized spacial score (nSPS) is 15.2. The van der Waals surface area contributed by atoms with Crippen LogP contribution in [0.15, 0.2) is 84.9 Å². The Morgan fingerprint density at radius 1 is 0.844 bits per heavy atom. The van der Waals surface area contributed by atoms with Gasteiger partial charge in [-0.2, -0.15) is 0 Å². The first-order valence-corrected chi connectivity index (χ1v) is 11.3. The molecule has 1 atom stereocenters. The number of benzene rings is 3. The van der Waals surface area contributed by atoms with Crippen LogP contribution >= 0.6 is 0 Å². The Hall–Kier alpha value is -3.40. The van der Waals surface area contributed by atoms with E-state index >= 15 is 0 Å². The molecule has 1 amide bonds. The van der Waals surface area contributed by atoms with Crippen molar-refractivity contribution < 1.29 is 14.3 Å². The highest BCUT2D eigenvalue weighted by Gasteiger charge is 2.31. The number of esters is 1. The molecule has 1 aliphatic heterocycles. The first kappa shape index (κ1) is 21.8. The van der Waals surface area contributed by atoms with E-state index in [9.17, 15) is 9.59 Å². The van der Waals surface area contributed by atoms with Crippen molar-refractivity contribution in [1.29, 1.82) is 0 Å². The van der Waals surface area contributed by atoms with Crippen molar-refractivity contribution in [2.45, 2.75) is 32.3 Å². The highest BCUT2D eigenvalue weighted by atomic mass is 16.5. The predicted octanol–water partition coefficient (Wildman–Crippen LogP) is 5.44. The van der Waals surface area contributed by atoms with Crippen LogP contribution in [-0.4, -0.2) is 29.9 Å². The van der Waals surface area contributed by atoms with Gasteiger partial charge in [-0.15, -0.1) is 0 Å². The Morgan fingerprint density at radius 2 is 1.41 bits per heavy atom. The van der Waals surface area contributed by atoms with Crippen molar-refractivity contribution in [1.82, 2.24) is 4.90 Å². The highest BCUT2D eigenvalue weighted by Crippen LogP contribution is 2.27. The summed E-state index contributed by atoms with van der Waals surface area (Å²) in [6.07, 6.45) is 2.06. The second-order valence-electron chi connectivity index (χ2n) is 8.44. The predicted molar refractivity (Wildman–Crippen MR) is 126 cm³/mol. The maximum atomic E-state index is 13.1. The fraction of sp³-hybridized carbons (Fsp3) is 0.286. The van der Waals surface area contributed by atoms with E-state index in [1.54, 1.807) is 0 Å². The fourth-order valence-electron chi connectivity index (χ4n) is 4.38. The third kappa shape index (κ3) is 5.44. The third-order valence-electron chi connectivity index (χ3n) is 6.12. The molecule has 1 fully saturated rings. The minimum absolute atomic E-state index is 0.128. The minimum atomic E-state index is -0.865. The number of hydrogen-bond donors (Lipinski definition) is 0. The van der Waals surface area contributed by atoms with Crippen LogP contribution in [0, 0.1) is 5.92 Å². The summed E-state index contributed by atoms with van der Waals surface area (Å²) in [4.78, 5) is 26.6. The monoisotopic (exact) mass is 427 g/mol. The largest absolute Gasteiger partial charge is 0.447 e. The van der Waals surface area contributed by atoms with Gasteiger partial charge in [0.15, 0.2) is 0 Å². The molecule has 0 saturated carbocycles. The molecule has 0 N–H and O–H groups in total. The molecule has 0 aliphatic carbocycles. The molecular weight excluding hydrogens is 398 g/mol. The van der Waals surface area contributed by atoms with Gasteiger partial charge in [-0.05, 0) is 41.9 Å². The van der Waals surface area contributed by atoms with Crippen molar-refractivity contribution in [3.63, 3.8) is 0 Å². The zero-order chi connectivity index (χ0) is 22.3. The van der Waals surface area contributed by atoms with Gasteiger partial charge in [0.05, 0.1) is 0 Å². The quantitative estimate of drug-likeness (QED) is 0.492. The molecule has 4 heteroatoms.